The molecule has 1 aromatic rings. The molecule has 2 atom stereocenters. The van der Waals surface area contributed by atoms with Crippen LogP contribution in [-0.2, 0) is 20.7 Å². The average Bonchev–Trinajstić information content (AvgIpc) is 3.03. The SMILES string of the molecule is COC(=O)CCc1ccc(N2C(=O)N(CCC3CCN(C(=O)OC(C)(C)C)CC3)[C@H](C)[C@@H]2C)cc1. The molecule has 0 N–H and O–H groups in total. The van der Waals surface area contributed by atoms with Gasteiger partial charge in [0.25, 0.3) is 0 Å². The number of ether oxygens (including phenoxy) is 2. The smallest absolute Gasteiger partial charge is 0.410 e. The Morgan fingerprint density at radius 2 is 1.66 bits per heavy atom. The topological polar surface area (TPSA) is 79.4 Å². The number of carbonyl (C=O) groups excluding carboxylic acids is 3. The third-order valence-electron chi connectivity index (χ3n) is 7.15. The molecular formula is C27H41N3O5. The zero-order chi connectivity index (χ0) is 25.8. The van der Waals surface area contributed by atoms with Crippen molar-refractivity contribution in [3.05, 3.63) is 29.8 Å². The van der Waals surface area contributed by atoms with E-state index < -0.39 is 5.60 Å². The van der Waals surface area contributed by atoms with E-state index in [0.29, 0.717) is 31.8 Å². The number of urea groups is 1. The van der Waals surface area contributed by atoms with Gasteiger partial charge in [0.1, 0.15) is 5.60 Å². The number of piperidine rings is 1. The van der Waals surface area contributed by atoms with Gasteiger partial charge in [-0.3, -0.25) is 9.69 Å². The molecule has 8 nitrogen and oxygen atoms in total. The fraction of sp³-hybridized carbons (Fsp3) is 0.667. The van der Waals surface area contributed by atoms with Crippen LogP contribution in [0.1, 0.15) is 65.9 Å². The van der Waals surface area contributed by atoms with Gasteiger partial charge >= 0.3 is 18.1 Å². The maximum Gasteiger partial charge on any atom is 0.410 e. The molecule has 35 heavy (non-hydrogen) atoms. The summed E-state index contributed by atoms with van der Waals surface area (Å²) in [7, 11) is 1.39. The van der Waals surface area contributed by atoms with Crippen LogP contribution in [0.5, 0.6) is 0 Å². The van der Waals surface area contributed by atoms with Crippen molar-refractivity contribution >= 4 is 23.8 Å². The van der Waals surface area contributed by atoms with Crippen LogP contribution in [0.25, 0.3) is 0 Å². The molecule has 2 aliphatic rings. The molecule has 0 bridgehead atoms. The van der Waals surface area contributed by atoms with Gasteiger partial charge in [0, 0.05) is 31.7 Å². The van der Waals surface area contributed by atoms with Gasteiger partial charge in [-0.05, 0) is 83.9 Å². The van der Waals surface area contributed by atoms with Crippen molar-refractivity contribution in [3.63, 3.8) is 0 Å². The Hall–Kier alpha value is -2.77. The summed E-state index contributed by atoms with van der Waals surface area (Å²) in [6, 6.07) is 8.10. The number of aryl methyl sites for hydroxylation is 1. The number of anilines is 1. The standard InChI is InChI=1S/C27H41N3O5/c1-19-20(2)30(23-10-7-21(8-11-23)9-12-24(31)34-6)25(32)29(19)18-15-22-13-16-28(17-14-22)26(33)35-27(3,4)5/h7-8,10-11,19-20,22H,9,12-18H2,1-6H3/t19-,20+/m1/s1. The van der Waals surface area contributed by atoms with Crippen molar-refractivity contribution in [1.29, 1.82) is 0 Å². The molecule has 2 saturated heterocycles. The largest absolute Gasteiger partial charge is 0.469 e. The Morgan fingerprint density at radius 3 is 2.23 bits per heavy atom. The predicted octanol–water partition coefficient (Wildman–Crippen LogP) is 4.85. The third-order valence-corrected chi connectivity index (χ3v) is 7.15. The molecule has 194 valence electrons. The Bertz CT molecular complexity index is 887. The van der Waals surface area contributed by atoms with E-state index in [1.165, 1.54) is 7.11 Å². The van der Waals surface area contributed by atoms with Gasteiger partial charge in [0.2, 0.25) is 0 Å². The number of esters is 1. The first kappa shape index (κ1) is 26.8. The molecule has 3 rings (SSSR count). The lowest BCUT2D eigenvalue weighted by atomic mass is 9.93. The summed E-state index contributed by atoms with van der Waals surface area (Å²) in [5, 5.41) is 0. The second kappa shape index (κ2) is 11.3. The molecule has 0 aliphatic carbocycles. The van der Waals surface area contributed by atoms with Crippen molar-refractivity contribution in [2.75, 3.05) is 31.6 Å². The molecular weight excluding hydrogens is 446 g/mol. The highest BCUT2D eigenvalue weighted by atomic mass is 16.6. The summed E-state index contributed by atoms with van der Waals surface area (Å²) in [5.41, 5.74) is 1.44. The molecule has 2 aliphatic heterocycles. The fourth-order valence-electron chi connectivity index (χ4n) is 4.83. The molecule has 0 aromatic heterocycles. The zero-order valence-electron chi connectivity index (χ0n) is 22.1. The molecule has 0 saturated carbocycles. The van der Waals surface area contributed by atoms with Crippen molar-refractivity contribution in [2.24, 2.45) is 5.92 Å². The fourth-order valence-corrected chi connectivity index (χ4v) is 4.83. The van der Waals surface area contributed by atoms with Gasteiger partial charge in [0.15, 0.2) is 0 Å². The van der Waals surface area contributed by atoms with Crippen molar-refractivity contribution in [1.82, 2.24) is 9.80 Å². The number of methoxy groups -OCH3 is 1. The lowest BCUT2D eigenvalue weighted by Gasteiger charge is -2.34. The van der Waals surface area contributed by atoms with E-state index >= 15 is 0 Å². The average molecular weight is 488 g/mol. The molecule has 0 unspecified atom stereocenters. The summed E-state index contributed by atoms with van der Waals surface area (Å²) in [6.45, 7) is 12.0. The summed E-state index contributed by atoms with van der Waals surface area (Å²) >= 11 is 0. The highest BCUT2D eigenvalue weighted by Gasteiger charge is 2.41. The van der Waals surface area contributed by atoms with Gasteiger partial charge in [-0.25, -0.2) is 9.59 Å². The maximum atomic E-state index is 13.3. The summed E-state index contributed by atoms with van der Waals surface area (Å²) < 4.78 is 10.2. The Morgan fingerprint density at radius 1 is 1.03 bits per heavy atom. The van der Waals surface area contributed by atoms with Crippen LogP contribution in [0, 0.1) is 5.92 Å². The maximum absolute atomic E-state index is 13.3. The molecule has 2 heterocycles. The van der Waals surface area contributed by atoms with Crippen LogP contribution in [0.3, 0.4) is 0 Å². The van der Waals surface area contributed by atoms with Gasteiger partial charge < -0.3 is 19.3 Å². The van der Waals surface area contributed by atoms with Crippen molar-refractivity contribution in [2.45, 2.75) is 84.4 Å². The zero-order valence-corrected chi connectivity index (χ0v) is 22.1. The number of carbonyl (C=O) groups is 3. The first-order chi connectivity index (χ1) is 16.5. The second-order valence-electron chi connectivity index (χ2n) is 10.8. The number of rotatable bonds is 7. The predicted molar refractivity (Wildman–Crippen MR) is 135 cm³/mol. The van der Waals surface area contributed by atoms with Crippen LogP contribution < -0.4 is 4.90 Å². The Labute approximate surface area is 209 Å². The lowest BCUT2D eigenvalue weighted by molar-refractivity contribution is -0.140. The first-order valence-corrected chi connectivity index (χ1v) is 12.7. The van der Waals surface area contributed by atoms with Crippen LogP contribution in [0.2, 0.25) is 0 Å². The second-order valence-corrected chi connectivity index (χ2v) is 10.8. The summed E-state index contributed by atoms with van der Waals surface area (Å²) in [5.74, 6) is 0.268. The Balaban J connectivity index is 1.52. The van der Waals surface area contributed by atoms with Gasteiger partial charge in [0.05, 0.1) is 19.2 Å². The minimum Gasteiger partial charge on any atom is -0.469 e. The molecule has 8 heteroatoms. The van der Waals surface area contributed by atoms with Gasteiger partial charge in [-0.1, -0.05) is 12.1 Å². The quantitative estimate of drug-likeness (QED) is 0.514. The minimum absolute atomic E-state index is 0.0403. The third kappa shape index (κ3) is 6.89. The Kier molecular flexibility index (Phi) is 8.67. The first-order valence-electron chi connectivity index (χ1n) is 12.7. The van der Waals surface area contributed by atoms with E-state index in [1.807, 2.05) is 54.8 Å². The molecule has 0 radical (unpaired) electrons. The number of likely N-dealkylation sites (tertiary alicyclic amines) is 1. The monoisotopic (exact) mass is 487 g/mol. The summed E-state index contributed by atoms with van der Waals surface area (Å²) in [4.78, 5) is 42.7. The molecule has 0 spiro atoms. The normalized spacial score (nSPS) is 21.4. The molecule has 3 amide bonds. The van der Waals surface area contributed by atoms with Crippen molar-refractivity contribution in [3.8, 4) is 0 Å². The van der Waals surface area contributed by atoms with Crippen molar-refractivity contribution < 1.29 is 23.9 Å². The minimum atomic E-state index is -0.480. The van der Waals surface area contributed by atoms with Gasteiger partial charge in [-0.15, -0.1) is 0 Å². The number of nitrogens with zero attached hydrogens (tertiary/aromatic N) is 3. The molecule has 2 fully saturated rings. The highest BCUT2D eigenvalue weighted by Crippen LogP contribution is 2.31. The number of benzene rings is 1. The van der Waals surface area contributed by atoms with E-state index in [-0.39, 0.29) is 30.2 Å². The molecule has 1 aromatic carbocycles. The van der Waals surface area contributed by atoms with E-state index in [1.54, 1.807) is 4.90 Å². The number of hydrogen-bond donors (Lipinski definition) is 0. The summed E-state index contributed by atoms with van der Waals surface area (Å²) in [6.07, 6.45) is 3.53. The van der Waals surface area contributed by atoms with Gasteiger partial charge in [-0.2, -0.15) is 0 Å². The number of amides is 3. The van der Waals surface area contributed by atoms with Crippen LogP contribution in [0.4, 0.5) is 15.3 Å². The van der Waals surface area contributed by atoms with E-state index in [9.17, 15) is 14.4 Å². The number of hydrogen-bond acceptors (Lipinski definition) is 5. The van der Waals surface area contributed by atoms with Crippen LogP contribution in [-0.4, -0.2) is 72.3 Å². The van der Waals surface area contributed by atoms with E-state index in [0.717, 1.165) is 37.1 Å². The van der Waals surface area contributed by atoms with E-state index in [2.05, 4.69) is 13.8 Å². The lowest BCUT2D eigenvalue weighted by Crippen LogP contribution is -2.42. The van der Waals surface area contributed by atoms with E-state index in [4.69, 9.17) is 9.47 Å². The highest BCUT2D eigenvalue weighted by molar-refractivity contribution is 5.95. The van der Waals surface area contributed by atoms with Crippen LogP contribution >= 0.6 is 0 Å². The van der Waals surface area contributed by atoms with Crippen LogP contribution in [0.15, 0.2) is 24.3 Å².